The molecule has 0 atom stereocenters. The summed E-state index contributed by atoms with van der Waals surface area (Å²) in [4.78, 5) is 11.0. The van der Waals surface area contributed by atoms with E-state index in [4.69, 9.17) is 9.84 Å². The number of carbonyl (C=O) groups is 1. The van der Waals surface area contributed by atoms with Crippen LogP contribution in [0.1, 0.15) is 78.0 Å². The Balaban J connectivity index is 3.85. The van der Waals surface area contributed by atoms with E-state index in [-0.39, 0.29) is 28.2 Å². The number of benzene rings is 1. The van der Waals surface area contributed by atoms with E-state index in [9.17, 15) is 9.90 Å². The lowest BCUT2D eigenvalue weighted by Gasteiger charge is -2.31. The molecule has 4 nitrogen and oxygen atoms in total. The van der Waals surface area contributed by atoms with Gasteiger partial charge >= 0.3 is 6.16 Å². The number of hydrogen-bond acceptors (Lipinski definition) is 3. The Morgan fingerprint density at radius 2 is 1.59 bits per heavy atom. The van der Waals surface area contributed by atoms with E-state index < -0.39 is 6.16 Å². The molecule has 0 unspecified atom stereocenters. The van der Waals surface area contributed by atoms with E-state index in [1.165, 1.54) is 0 Å². The fourth-order valence-corrected chi connectivity index (χ4v) is 2.66. The van der Waals surface area contributed by atoms with E-state index in [1.54, 1.807) is 0 Å². The van der Waals surface area contributed by atoms with Crippen LogP contribution in [0, 0.1) is 0 Å². The zero-order chi connectivity index (χ0) is 17.5. The lowest BCUT2D eigenvalue weighted by Crippen LogP contribution is -2.21. The van der Waals surface area contributed by atoms with Gasteiger partial charge in [0.2, 0.25) is 0 Å². The van der Waals surface area contributed by atoms with Gasteiger partial charge in [-0.05, 0) is 22.3 Å². The first-order valence-corrected chi connectivity index (χ1v) is 7.58. The van der Waals surface area contributed by atoms with Crippen molar-refractivity contribution in [1.29, 1.82) is 0 Å². The molecule has 0 spiro atoms. The smallest absolute Gasteiger partial charge is 0.504 e. The van der Waals surface area contributed by atoms with E-state index in [0.717, 1.165) is 11.1 Å². The van der Waals surface area contributed by atoms with E-state index >= 15 is 0 Å². The third kappa shape index (κ3) is 3.73. The van der Waals surface area contributed by atoms with Gasteiger partial charge in [0, 0.05) is 11.1 Å². The standard InChI is InChI=1S/C18H28O4/c1-10(2)11-9-12(17(3,4)5)15(22-16(20)21)14(19)13(11)18(6,7)8/h9-10,19H,1-8H3,(H,20,21). The highest BCUT2D eigenvalue weighted by molar-refractivity contribution is 5.68. The quantitative estimate of drug-likeness (QED) is 0.584. The Bertz CT molecular complexity index is 572. The molecule has 124 valence electrons. The summed E-state index contributed by atoms with van der Waals surface area (Å²) in [5.74, 6) is 0.195. The number of carboxylic acid groups (broad SMARTS) is 1. The number of hydrogen-bond donors (Lipinski definition) is 2. The second-order valence-corrected chi connectivity index (χ2v) is 8.09. The van der Waals surface area contributed by atoms with Crippen molar-refractivity contribution in [3.05, 3.63) is 22.8 Å². The van der Waals surface area contributed by atoms with Gasteiger partial charge in [-0.3, -0.25) is 0 Å². The second kappa shape index (κ2) is 5.82. The van der Waals surface area contributed by atoms with Gasteiger partial charge in [-0.25, -0.2) is 4.79 Å². The molecule has 0 amide bonds. The normalized spacial score (nSPS) is 12.6. The maximum Gasteiger partial charge on any atom is 0.511 e. The highest BCUT2D eigenvalue weighted by Crippen LogP contribution is 2.47. The van der Waals surface area contributed by atoms with Crippen molar-refractivity contribution < 1.29 is 19.7 Å². The molecule has 0 aliphatic carbocycles. The maximum absolute atomic E-state index is 11.0. The van der Waals surface area contributed by atoms with Crippen LogP contribution >= 0.6 is 0 Å². The first-order valence-electron chi connectivity index (χ1n) is 7.58. The van der Waals surface area contributed by atoms with Crippen molar-refractivity contribution >= 4 is 6.16 Å². The van der Waals surface area contributed by atoms with Crippen molar-refractivity contribution in [3.8, 4) is 11.5 Å². The Morgan fingerprint density at radius 1 is 1.09 bits per heavy atom. The van der Waals surface area contributed by atoms with Crippen molar-refractivity contribution in [2.24, 2.45) is 0 Å². The Labute approximate surface area is 133 Å². The summed E-state index contributed by atoms with van der Waals surface area (Å²) < 4.78 is 4.94. The van der Waals surface area contributed by atoms with Crippen LogP contribution in [0.4, 0.5) is 4.79 Å². The third-order valence-corrected chi connectivity index (χ3v) is 3.65. The van der Waals surface area contributed by atoms with Crippen LogP contribution in [0.25, 0.3) is 0 Å². The van der Waals surface area contributed by atoms with Gasteiger partial charge in [0.25, 0.3) is 0 Å². The molecule has 0 saturated heterocycles. The van der Waals surface area contributed by atoms with Crippen LogP contribution in [0.2, 0.25) is 0 Å². The minimum Gasteiger partial charge on any atom is -0.504 e. The summed E-state index contributed by atoms with van der Waals surface area (Å²) in [5, 5.41) is 19.8. The minimum absolute atomic E-state index is 0.0503. The number of aromatic hydroxyl groups is 1. The van der Waals surface area contributed by atoms with Crippen LogP contribution in [-0.4, -0.2) is 16.4 Å². The highest BCUT2D eigenvalue weighted by Gasteiger charge is 2.32. The molecule has 0 aliphatic heterocycles. The Kier molecular flexibility index (Phi) is 4.85. The SMILES string of the molecule is CC(C)c1cc(C(C)(C)C)c(OC(=O)O)c(O)c1C(C)(C)C. The van der Waals surface area contributed by atoms with Crippen LogP contribution < -0.4 is 4.74 Å². The van der Waals surface area contributed by atoms with Crippen molar-refractivity contribution in [1.82, 2.24) is 0 Å². The molecule has 0 fully saturated rings. The summed E-state index contributed by atoms with van der Waals surface area (Å²) in [6.45, 7) is 16.0. The topological polar surface area (TPSA) is 66.8 Å². The van der Waals surface area contributed by atoms with Gasteiger partial charge in [0.1, 0.15) is 0 Å². The molecule has 1 aromatic rings. The van der Waals surface area contributed by atoms with Gasteiger partial charge in [-0.2, -0.15) is 0 Å². The summed E-state index contributed by atoms with van der Waals surface area (Å²) in [5.41, 5.74) is 1.79. The van der Waals surface area contributed by atoms with Crippen LogP contribution in [0.15, 0.2) is 6.07 Å². The molecule has 4 heteroatoms. The van der Waals surface area contributed by atoms with Gasteiger partial charge in [-0.15, -0.1) is 0 Å². The first-order chi connectivity index (χ1) is 9.76. The number of phenols is 1. The molecule has 1 aromatic carbocycles. The maximum atomic E-state index is 11.0. The predicted octanol–water partition coefficient (Wildman–Crippen LogP) is 5.17. The lowest BCUT2D eigenvalue weighted by atomic mass is 9.75. The van der Waals surface area contributed by atoms with Crippen LogP contribution in [0.3, 0.4) is 0 Å². The average molecular weight is 308 g/mol. The van der Waals surface area contributed by atoms with Crippen LogP contribution in [-0.2, 0) is 10.8 Å². The molecule has 2 N–H and O–H groups in total. The number of rotatable bonds is 2. The number of ether oxygens (including phenoxy) is 1. The summed E-state index contributed by atoms with van der Waals surface area (Å²) in [7, 11) is 0. The molecule has 22 heavy (non-hydrogen) atoms. The molecule has 1 rings (SSSR count). The van der Waals surface area contributed by atoms with Gasteiger partial charge in [0.15, 0.2) is 11.5 Å². The zero-order valence-corrected chi connectivity index (χ0v) is 14.9. The molecule has 0 saturated carbocycles. The second-order valence-electron chi connectivity index (χ2n) is 8.09. The largest absolute Gasteiger partial charge is 0.511 e. The monoisotopic (exact) mass is 308 g/mol. The summed E-state index contributed by atoms with van der Waals surface area (Å²) in [6, 6.07) is 1.98. The molecule has 0 heterocycles. The van der Waals surface area contributed by atoms with Gasteiger partial charge < -0.3 is 14.9 Å². The van der Waals surface area contributed by atoms with E-state index in [2.05, 4.69) is 13.8 Å². The van der Waals surface area contributed by atoms with Crippen molar-refractivity contribution in [2.45, 2.75) is 72.1 Å². The predicted molar refractivity (Wildman–Crippen MR) is 88.2 cm³/mol. The fraction of sp³-hybridized carbons (Fsp3) is 0.611. The lowest BCUT2D eigenvalue weighted by molar-refractivity contribution is 0.141. The molecule has 0 aromatic heterocycles. The third-order valence-electron chi connectivity index (χ3n) is 3.65. The highest BCUT2D eigenvalue weighted by atomic mass is 16.7. The fourth-order valence-electron chi connectivity index (χ4n) is 2.66. The Morgan fingerprint density at radius 3 is 1.91 bits per heavy atom. The summed E-state index contributed by atoms with van der Waals surface area (Å²) >= 11 is 0. The van der Waals surface area contributed by atoms with E-state index in [1.807, 2.05) is 47.6 Å². The molecule has 0 bridgehead atoms. The molecule has 0 radical (unpaired) electrons. The molecular weight excluding hydrogens is 280 g/mol. The van der Waals surface area contributed by atoms with Gasteiger partial charge in [0.05, 0.1) is 0 Å². The minimum atomic E-state index is -1.42. The first kappa shape index (κ1) is 18.3. The van der Waals surface area contributed by atoms with Crippen molar-refractivity contribution in [3.63, 3.8) is 0 Å². The van der Waals surface area contributed by atoms with Crippen molar-refractivity contribution in [2.75, 3.05) is 0 Å². The van der Waals surface area contributed by atoms with Gasteiger partial charge in [-0.1, -0.05) is 61.5 Å². The number of phenolic OH excluding ortho intramolecular Hbond substituents is 1. The molecular formula is C18H28O4. The van der Waals surface area contributed by atoms with E-state index in [0.29, 0.717) is 5.56 Å². The average Bonchev–Trinajstić information content (AvgIpc) is 2.26. The zero-order valence-electron chi connectivity index (χ0n) is 14.9. The summed E-state index contributed by atoms with van der Waals surface area (Å²) in [6.07, 6.45) is -1.42. The van der Waals surface area contributed by atoms with Crippen LogP contribution in [0.5, 0.6) is 11.5 Å². The Hall–Kier alpha value is -1.71. The molecule has 0 aliphatic rings.